The summed E-state index contributed by atoms with van der Waals surface area (Å²) in [5, 5.41) is 5.00. The van der Waals surface area contributed by atoms with Crippen molar-refractivity contribution in [3.8, 4) is 0 Å². The lowest BCUT2D eigenvalue weighted by Crippen LogP contribution is -2.51. The van der Waals surface area contributed by atoms with Gasteiger partial charge in [-0.1, -0.05) is 12.1 Å². The van der Waals surface area contributed by atoms with E-state index in [0.717, 1.165) is 16.0 Å². The van der Waals surface area contributed by atoms with Crippen LogP contribution >= 0.6 is 11.3 Å². The first-order valence-electron chi connectivity index (χ1n) is 9.40. The molecule has 1 aliphatic heterocycles. The van der Waals surface area contributed by atoms with Gasteiger partial charge in [-0.3, -0.25) is 9.69 Å². The number of rotatable bonds is 6. The SMILES string of the molecule is Cc1ccc(S(=O)(=O)N2CCN(CC(=O)N[C@@H](C)c3cccs3)CC2)cc1C. The summed E-state index contributed by atoms with van der Waals surface area (Å²) < 4.78 is 27.3. The molecule has 6 nitrogen and oxygen atoms in total. The van der Waals surface area contributed by atoms with Gasteiger partial charge < -0.3 is 5.32 Å². The summed E-state index contributed by atoms with van der Waals surface area (Å²) in [6.45, 7) is 8.02. The van der Waals surface area contributed by atoms with E-state index in [1.807, 2.05) is 49.3 Å². The minimum atomic E-state index is -3.49. The summed E-state index contributed by atoms with van der Waals surface area (Å²) in [5.74, 6) is -0.0358. The summed E-state index contributed by atoms with van der Waals surface area (Å²) in [4.78, 5) is 15.8. The molecule has 28 heavy (non-hydrogen) atoms. The molecular formula is C20H27N3O3S2. The van der Waals surface area contributed by atoms with Crippen LogP contribution in [0.15, 0.2) is 40.6 Å². The summed E-state index contributed by atoms with van der Waals surface area (Å²) in [6, 6.07) is 9.21. The maximum absolute atomic E-state index is 12.9. The number of nitrogens with one attached hydrogen (secondary N) is 1. The second-order valence-electron chi connectivity index (χ2n) is 7.23. The number of nitrogens with zero attached hydrogens (tertiary/aromatic N) is 2. The first-order chi connectivity index (χ1) is 13.3. The maximum atomic E-state index is 12.9. The molecule has 152 valence electrons. The predicted octanol–water partition coefficient (Wildman–Crippen LogP) is 2.55. The molecule has 3 rings (SSSR count). The van der Waals surface area contributed by atoms with Crippen molar-refractivity contribution in [1.82, 2.24) is 14.5 Å². The van der Waals surface area contributed by atoms with E-state index in [1.54, 1.807) is 23.5 Å². The molecule has 1 N–H and O–H groups in total. The first kappa shape index (κ1) is 21.0. The van der Waals surface area contributed by atoms with Crippen molar-refractivity contribution in [2.45, 2.75) is 31.7 Å². The quantitative estimate of drug-likeness (QED) is 0.778. The highest BCUT2D eigenvalue weighted by atomic mass is 32.2. The summed E-state index contributed by atoms with van der Waals surface area (Å²) >= 11 is 1.62. The van der Waals surface area contributed by atoms with Gasteiger partial charge in [-0.05, 0) is 55.5 Å². The van der Waals surface area contributed by atoms with Gasteiger partial charge in [-0.15, -0.1) is 11.3 Å². The molecule has 2 aromatic rings. The minimum absolute atomic E-state index is 0.0149. The molecule has 1 fully saturated rings. The van der Waals surface area contributed by atoms with Gasteiger partial charge in [0.15, 0.2) is 0 Å². The van der Waals surface area contributed by atoms with Crippen molar-refractivity contribution >= 4 is 27.3 Å². The zero-order chi connectivity index (χ0) is 20.3. The van der Waals surface area contributed by atoms with E-state index in [-0.39, 0.29) is 18.5 Å². The lowest BCUT2D eigenvalue weighted by atomic mass is 10.1. The maximum Gasteiger partial charge on any atom is 0.243 e. The average molecular weight is 422 g/mol. The van der Waals surface area contributed by atoms with Crippen LogP contribution < -0.4 is 5.32 Å². The molecule has 0 saturated carbocycles. The van der Waals surface area contributed by atoms with E-state index in [1.165, 1.54) is 4.31 Å². The Kier molecular flexibility index (Phi) is 6.54. The number of thiophene rings is 1. The number of piperazine rings is 1. The zero-order valence-electron chi connectivity index (χ0n) is 16.5. The van der Waals surface area contributed by atoms with Crippen LogP contribution in [0, 0.1) is 13.8 Å². The van der Waals surface area contributed by atoms with Gasteiger partial charge >= 0.3 is 0 Å². The minimum Gasteiger partial charge on any atom is -0.348 e. The highest BCUT2D eigenvalue weighted by Crippen LogP contribution is 2.21. The van der Waals surface area contributed by atoms with Crippen LogP contribution in [0.3, 0.4) is 0 Å². The van der Waals surface area contributed by atoms with E-state index >= 15 is 0 Å². The van der Waals surface area contributed by atoms with Crippen LogP contribution in [0.1, 0.15) is 29.0 Å². The van der Waals surface area contributed by atoms with Crippen molar-refractivity contribution in [3.63, 3.8) is 0 Å². The van der Waals surface area contributed by atoms with Gasteiger partial charge in [0.25, 0.3) is 0 Å². The Labute approximate surface area is 171 Å². The van der Waals surface area contributed by atoms with Crippen molar-refractivity contribution in [1.29, 1.82) is 0 Å². The highest BCUT2D eigenvalue weighted by Gasteiger charge is 2.29. The molecule has 1 atom stereocenters. The van der Waals surface area contributed by atoms with Crippen molar-refractivity contribution in [2.75, 3.05) is 32.7 Å². The topological polar surface area (TPSA) is 69.7 Å². The van der Waals surface area contributed by atoms with Crippen LogP contribution in [-0.4, -0.2) is 56.3 Å². The number of benzene rings is 1. The van der Waals surface area contributed by atoms with E-state index in [9.17, 15) is 13.2 Å². The van der Waals surface area contributed by atoms with Crippen molar-refractivity contribution in [3.05, 3.63) is 51.7 Å². The number of hydrogen-bond acceptors (Lipinski definition) is 5. The Bertz CT molecular complexity index is 918. The van der Waals surface area contributed by atoms with Crippen LogP contribution in [0.4, 0.5) is 0 Å². The van der Waals surface area contributed by atoms with E-state index < -0.39 is 10.0 Å². The molecule has 0 aliphatic carbocycles. The predicted molar refractivity (Wildman–Crippen MR) is 112 cm³/mol. The molecule has 1 aromatic carbocycles. The fourth-order valence-corrected chi connectivity index (χ4v) is 5.49. The van der Waals surface area contributed by atoms with E-state index in [2.05, 4.69) is 5.32 Å². The van der Waals surface area contributed by atoms with Gasteiger partial charge in [-0.2, -0.15) is 4.31 Å². The molecule has 1 amide bonds. The number of aryl methyl sites for hydroxylation is 2. The molecule has 0 radical (unpaired) electrons. The number of sulfonamides is 1. The lowest BCUT2D eigenvalue weighted by molar-refractivity contribution is -0.123. The lowest BCUT2D eigenvalue weighted by Gasteiger charge is -2.33. The molecule has 1 saturated heterocycles. The van der Waals surface area contributed by atoms with E-state index in [0.29, 0.717) is 31.1 Å². The second-order valence-corrected chi connectivity index (χ2v) is 10.1. The Morgan fingerprint density at radius 3 is 2.46 bits per heavy atom. The standard InChI is InChI=1S/C20H27N3O3S2/c1-15-6-7-18(13-16(15)2)28(25,26)23-10-8-22(9-11-23)14-20(24)21-17(3)19-5-4-12-27-19/h4-7,12-13,17H,8-11,14H2,1-3H3,(H,21,24)/t17-/m0/s1. The normalized spacial score (nSPS) is 17.4. The van der Waals surface area contributed by atoms with Crippen molar-refractivity contribution < 1.29 is 13.2 Å². The smallest absolute Gasteiger partial charge is 0.243 e. The molecule has 8 heteroatoms. The largest absolute Gasteiger partial charge is 0.348 e. The number of hydrogen-bond donors (Lipinski definition) is 1. The third-order valence-electron chi connectivity index (χ3n) is 5.16. The Hall–Kier alpha value is -1.74. The number of carbonyl (C=O) groups is 1. The molecule has 1 aromatic heterocycles. The summed E-state index contributed by atoms with van der Waals surface area (Å²) in [5.41, 5.74) is 2.04. The molecule has 0 spiro atoms. The van der Waals surface area contributed by atoms with Crippen LogP contribution in [0.5, 0.6) is 0 Å². The average Bonchev–Trinajstić information content (AvgIpc) is 3.19. The fraction of sp³-hybridized carbons (Fsp3) is 0.450. The van der Waals surface area contributed by atoms with Crippen LogP contribution in [0.25, 0.3) is 0 Å². The third-order valence-corrected chi connectivity index (χ3v) is 8.11. The zero-order valence-corrected chi connectivity index (χ0v) is 18.1. The molecule has 1 aliphatic rings. The van der Waals surface area contributed by atoms with Crippen molar-refractivity contribution in [2.24, 2.45) is 0 Å². The molecular weight excluding hydrogens is 394 g/mol. The van der Waals surface area contributed by atoms with Gasteiger partial charge in [0, 0.05) is 31.1 Å². The number of amides is 1. The van der Waals surface area contributed by atoms with Gasteiger partial charge in [-0.25, -0.2) is 8.42 Å². The highest BCUT2D eigenvalue weighted by molar-refractivity contribution is 7.89. The third kappa shape index (κ3) is 4.81. The van der Waals surface area contributed by atoms with Gasteiger partial charge in [0.1, 0.15) is 0 Å². The van der Waals surface area contributed by atoms with Crippen LogP contribution in [-0.2, 0) is 14.8 Å². The van der Waals surface area contributed by atoms with Crippen LogP contribution in [0.2, 0.25) is 0 Å². The Balaban J connectivity index is 1.53. The first-order valence-corrected chi connectivity index (χ1v) is 11.7. The van der Waals surface area contributed by atoms with Gasteiger partial charge in [0.2, 0.25) is 15.9 Å². The monoisotopic (exact) mass is 421 g/mol. The number of carbonyl (C=O) groups excluding carboxylic acids is 1. The fourth-order valence-electron chi connectivity index (χ4n) is 3.25. The molecule has 2 heterocycles. The summed E-state index contributed by atoms with van der Waals surface area (Å²) in [7, 11) is -3.49. The molecule has 0 unspecified atom stereocenters. The molecule has 0 bridgehead atoms. The summed E-state index contributed by atoms with van der Waals surface area (Å²) in [6.07, 6.45) is 0. The second kappa shape index (κ2) is 8.73. The Morgan fingerprint density at radius 1 is 1.14 bits per heavy atom. The van der Waals surface area contributed by atoms with Gasteiger partial charge in [0.05, 0.1) is 17.5 Å². The van der Waals surface area contributed by atoms with E-state index in [4.69, 9.17) is 0 Å². The Morgan fingerprint density at radius 2 is 1.86 bits per heavy atom.